The van der Waals surface area contributed by atoms with E-state index in [1.807, 2.05) is 0 Å². The van der Waals surface area contributed by atoms with Gasteiger partial charge in [0.1, 0.15) is 0 Å². The molecule has 0 aromatic heterocycles. The summed E-state index contributed by atoms with van der Waals surface area (Å²) in [7, 11) is 0. The van der Waals surface area contributed by atoms with Gasteiger partial charge in [-0.1, -0.05) is 38.9 Å². The van der Waals surface area contributed by atoms with E-state index in [-0.39, 0.29) is 11.4 Å². The first-order chi connectivity index (χ1) is 7.46. The smallest absolute Gasteiger partial charge is 0.220 e. The van der Waals surface area contributed by atoms with Crippen LogP contribution < -0.4 is 11.1 Å². The fourth-order valence-electron chi connectivity index (χ4n) is 2.16. The fourth-order valence-corrected chi connectivity index (χ4v) is 2.42. The van der Waals surface area contributed by atoms with Gasteiger partial charge in [0.25, 0.3) is 0 Å². The van der Waals surface area contributed by atoms with Gasteiger partial charge in [-0.3, -0.25) is 4.79 Å². The van der Waals surface area contributed by atoms with E-state index in [9.17, 15) is 4.79 Å². The summed E-state index contributed by atoms with van der Waals surface area (Å²) in [4.78, 5) is 12.2. The Bertz CT molecular complexity index is 270. The Morgan fingerprint density at radius 2 is 2.00 bits per heavy atom. The first-order valence-electron chi connectivity index (χ1n) is 6.07. The number of hydrogen-bond acceptors (Lipinski definition) is 2. The summed E-state index contributed by atoms with van der Waals surface area (Å²) in [6.07, 6.45) is 5.48. The van der Waals surface area contributed by atoms with Crippen LogP contribution in [0.5, 0.6) is 0 Å². The van der Waals surface area contributed by atoms with Crippen LogP contribution in [-0.2, 0) is 4.79 Å². The summed E-state index contributed by atoms with van der Waals surface area (Å²) in [5.41, 5.74) is 5.37. The Morgan fingerprint density at radius 1 is 1.44 bits per heavy atom. The van der Waals surface area contributed by atoms with Crippen molar-refractivity contribution < 1.29 is 4.79 Å². The monoisotopic (exact) mass is 242 g/mol. The van der Waals surface area contributed by atoms with Gasteiger partial charge >= 0.3 is 0 Å². The van der Waals surface area contributed by atoms with E-state index >= 15 is 0 Å². The highest BCUT2D eigenvalue weighted by molar-refractivity contribution is 7.80. The van der Waals surface area contributed by atoms with E-state index in [0.717, 1.165) is 32.1 Å². The quantitative estimate of drug-likeness (QED) is 0.726. The minimum atomic E-state index is -0.386. The molecular weight excluding hydrogens is 220 g/mol. The number of rotatable bonds is 5. The largest absolute Gasteiger partial charge is 0.391 e. The average molecular weight is 242 g/mol. The standard InChI is InChI=1S/C12H22N2OS/c1-9(2)5-6-10(15)14-12(11(13)16)7-3-4-8-12/h9H,3-8H2,1-2H3,(H2,13,16)(H,14,15). The maximum atomic E-state index is 11.8. The van der Waals surface area contributed by atoms with Gasteiger partial charge in [0.15, 0.2) is 0 Å². The van der Waals surface area contributed by atoms with Crippen LogP contribution in [0.1, 0.15) is 52.4 Å². The Morgan fingerprint density at radius 3 is 2.44 bits per heavy atom. The van der Waals surface area contributed by atoms with Crippen molar-refractivity contribution in [3.8, 4) is 0 Å². The molecule has 16 heavy (non-hydrogen) atoms. The summed E-state index contributed by atoms with van der Waals surface area (Å²) in [5, 5.41) is 3.04. The molecule has 1 fully saturated rings. The zero-order valence-electron chi connectivity index (χ0n) is 10.2. The lowest BCUT2D eigenvalue weighted by atomic mass is 9.97. The maximum Gasteiger partial charge on any atom is 0.220 e. The molecule has 0 aromatic carbocycles. The van der Waals surface area contributed by atoms with Crippen molar-refractivity contribution in [2.75, 3.05) is 0 Å². The van der Waals surface area contributed by atoms with Crippen LogP contribution in [0.3, 0.4) is 0 Å². The number of nitrogens with two attached hydrogens (primary N) is 1. The van der Waals surface area contributed by atoms with Gasteiger partial charge in [0, 0.05) is 6.42 Å². The van der Waals surface area contributed by atoms with Crippen molar-refractivity contribution in [2.45, 2.75) is 57.9 Å². The van der Waals surface area contributed by atoms with Crippen LogP contribution in [-0.4, -0.2) is 16.4 Å². The molecule has 0 heterocycles. The average Bonchev–Trinajstić information content (AvgIpc) is 2.64. The van der Waals surface area contributed by atoms with E-state index in [0.29, 0.717) is 17.3 Å². The third-order valence-corrected chi connectivity index (χ3v) is 3.65. The molecule has 1 rings (SSSR count). The predicted molar refractivity (Wildman–Crippen MR) is 70.2 cm³/mol. The molecule has 0 atom stereocenters. The minimum absolute atomic E-state index is 0.0865. The molecule has 0 saturated heterocycles. The van der Waals surface area contributed by atoms with E-state index in [1.165, 1.54) is 0 Å². The second-order valence-electron chi connectivity index (χ2n) is 5.13. The Hall–Kier alpha value is -0.640. The fraction of sp³-hybridized carbons (Fsp3) is 0.833. The third-order valence-electron chi connectivity index (χ3n) is 3.26. The lowest BCUT2D eigenvalue weighted by molar-refractivity contribution is -0.122. The summed E-state index contributed by atoms with van der Waals surface area (Å²) in [5.74, 6) is 0.638. The van der Waals surface area contributed by atoms with E-state index in [4.69, 9.17) is 18.0 Å². The van der Waals surface area contributed by atoms with Crippen LogP contribution in [0, 0.1) is 5.92 Å². The number of amides is 1. The summed E-state index contributed by atoms with van der Waals surface area (Å²) < 4.78 is 0. The number of hydrogen-bond donors (Lipinski definition) is 2. The molecule has 1 amide bonds. The SMILES string of the molecule is CC(C)CCC(=O)NC1(C(N)=S)CCCC1. The lowest BCUT2D eigenvalue weighted by Gasteiger charge is -2.29. The molecule has 3 N–H and O–H groups in total. The first-order valence-corrected chi connectivity index (χ1v) is 6.48. The molecule has 0 aliphatic heterocycles. The third kappa shape index (κ3) is 3.44. The van der Waals surface area contributed by atoms with Gasteiger partial charge in [-0.2, -0.15) is 0 Å². The summed E-state index contributed by atoms with van der Waals surface area (Å²) in [6, 6.07) is 0. The van der Waals surface area contributed by atoms with E-state index < -0.39 is 0 Å². The van der Waals surface area contributed by atoms with Gasteiger partial charge in [-0.25, -0.2) is 0 Å². The maximum absolute atomic E-state index is 11.8. The zero-order chi connectivity index (χ0) is 12.2. The second-order valence-corrected chi connectivity index (χ2v) is 5.57. The van der Waals surface area contributed by atoms with Crippen LogP contribution in [0.15, 0.2) is 0 Å². The lowest BCUT2D eigenvalue weighted by Crippen LogP contribution is -2.54. The molecule has 0 aromatic rings. The summed E-state index contributed by atoms with van der Waals surface area (Å²) >= 11 is 5.08. The molecule has 3 nitrogen and oxygen atoms in total. The minimum Gasteiger partial charge on any atom is -0.391 e. The van der Waals surface area contributed by atoms with Crippen molar-refractivity contribution in [1.82, 2.24) is 5.32 Å². The van der Waals surface area contributed by atoms with Crippen LogP contribution in [0.25, 0.3) is 0 Å². The number of nitrogens with one attached hydrogen (secondary N) is 1. The highest BCUT2D eigenvalue weighted by Crippen LogP contribution is 2.30. The van der Waals surface area contributed by atoms with Crippen molar-refractivity contribution >= 4 is 23.1 Å². The highest BCUT2D eigenvalue weighted by Gasteiger charge is 2.37. The van der Waals surface area contributed by atoms with Gasteiger partial charge in [-0.15, -0.1) is 0 Å². The van der Waals surface area contributed by atoms with Crippen molar-refractivity contribution in [1.29, 1.82) is 0 Å². The molecule has 0 spiro atoms. The predicted octanol–water partition coefficient (Wildman–Crippen LogP) is 2.14. The molecule has 1 aliphatic rings. The zero-order valence-corrected chi connectivity index (χ0v) is 11.0. The first kappa shape index (κ1) is 13.4. The number of thiocarbonyl (C=S) groups is 1. The van der Waals surface area contributed by atoms with Crippen molar-refractivity contribution in [2.24, 2.45) is 11.7 Å². The molecule has 0 radical (unpaired) electrons. The van der Waals surface area contributed by atoms with Crippen LogP contribution in [0.4, 0.5) is 0 Å². The van der Waals surface area contributed by atoms with Crippen molar-refractivity contribution in [3.05, 3.63) is 0 Å². The molecule has 0 unspecified atom stereocenters. The van der Waals surface area contributed by atoms with Gasteiger partial charge in [-0.05, 0) is 25.2 Å². The molecule has 1 aliphatic carbocycles. The van der Waals surface area contributed by atoms with E-state index in [1.54, 1.807) is 0 Å². The van der Waals surface area contributed by atoms with Crippen LogP contribution >= 0.6 is 12.2 Å². The molecule has 4 heteroatoms. The summed E-state index contributed by atoms with van der Waals surface area (Å²) in [6.45, 7) is 4.23. The topological polar surface area (TPSA) is 55.1 Å². The van der Waals surface area contributed by atoms with Crippen molar-refractivity contribution in [3.63, 3.8) is 0 Å². The van der Waals surface area contributed by atoms with Gasteiger partial charge < -0.3 is 11.1 Å². The number of carbonyl (C=O) groups excluding carboxylic acids is 1. The normalized spacial score (nSPS) is 18.7. The van der Waals surface area contributed by atoms with Crippen LogP contribution in [0.2, 0.25) is 0 Å². The van der Waals surface area contributed by atoms with E-state index in [2.05, 4.69) is 19.2 Å². The Balaban J connectivity index is 2.49. The Kier molecular flexibility index (Phi) is 4.71. The Labute approximate surface area is 103 Å². The molecular formula is C12H22N2OS. The highest BCUT2D eigenvalue weighted by atomic mass is 32.1. The molecule has 0 bridgehead atoms. The number of carbonyl (C=O) groups is 1. The molecule has 92 valence electrons. The molecule has 1 saturated carbocycles. The van der Waals surface area contributed by atoms with Gasteiger partial charge in [0.2, 0.25) is 5.91 Å². The van der Waals surface area contributed by atoms with Gasteiger partial charge in [0.05, 0.1) is 10.5 Å². The second kappa shape index (κ2) is 5.62.